The molecular formula is C18H29NO2. The van der Waals surface area contributed by atoms with Gasteiger partial charge >= 0.3 is 5.97 Å². The van der Waals surface area contributed by atoms with E-state index in [-0.39, 0.29) is 0 Å². The Bertz CT molecular complexity index is 414. The number of carboxylic acid groups (broad SMARTS) is 1. The molecule has 1 aromatic rings. The van der Waals surface area contributed by atoms with Crippen LogP contribution < -0.4 is 0 Å². The summed E-state index contributed by atoms with van der Waals surface area (Å²) in [6.45, 7) is 8.77. The predicted molar refractivity (Wildman–Crippen MR) is 87.7 cm³/mol. The fourth-order valence-corrected chi connectivity index (χ4v) is 2.49. The molecule has 0 aromatic heterocycles. The Morgan fingerprint density at radius 3 is 2.29 bits per heavy atom. The molecule has 1 unspecified atom stereocenters. The summed E-state index contributed by atoms with van der Waals surface area (Å²) in [7, 11) is 0. The zero-order valence-corrected chi connectivity index (χ0v) is 13.6. The van der Waals surface area contributed by atoms with Gasteiger partial charge in [-0.1, -0.05) is 45.2 Å². The maximum absolute atomic E-state index is 10.9. The second-order valence-electron chi connectivity index (χ2n) is 5.82. The van der Waals surface area contributed by atoms with E-state index in [1.807, 2.05) is 12.1 Å². The lowest BCUT2D eigenvalue weighted by Gasteiger charge is -2.29. The Balaban J connectivity index is 2.67. The zero-order valence-electron chi connectivity index (χ0n) is 13.6. The van der Waals surface area contributed by atoms with Crippen molar-refractivity contribution < 1.29 is 9.90 Å². The maximum atomic E-state index is 10.9. The SMILES string of the molecule is CCCCC(C)N(CCCC)Cc1ccc(C(=O)O)cc1. The van der Waals surface area contributed by atoms with E-state index in [9.17, 15) is 4.79 Å². The van der Waals surface area contributed by atoms with Gasteiger partial charge < -0.3 is 5.11 Å². The van der Waals surface area contributed by atoms with Crippen LogP contribution in [-0.4, -0.2) is 28.6 Å². The van der Waals surface area contributed by atoms with Crippen molar-refractivity contribution in [1.29, 1.82) is 0 Å². The lowest BCUT2D eigenvalue weighted by molar-refractivity contribution is 0.0697. The molecule has 0 radical (unpaired) electrons. The molecule has 0 heterocycles. The van der Waals surface area contributed by atoms with Gasteiger partial charge in [0.2, 0.25) is 0 Å². The van der Waals surface area contributed by atoms with Crippen LogP contribution in [0.4, 0.5) is 0 Å². The Labute approximate surface area is 129 Å². The number of carboxylic acids is 1. The monoisotopic (exact) mass is 291 g/mol. The van der Waals surface area contributed by atoms with Crippen molar-refractivity contribution in [2.24, 2.45) is 0 Å². The van der Waals surface area contributed by atoms with Crippen molar-refractivity contribution in [3.8, 4) is 0 Å². The average molecular weight is 291 g/mol. The van der Waals surface area contributed by atoms with E-state index in [0.717, 1.165) is 13.1 Å². The molecule has 0 saturated heterocycles. The van der Waals surface area contributed by atoms with Crippen LogP contribution in [0.5, 0.6) is 0 Å². The number of rotatable bonds is 10. The summed E-state index contributed by atoms with van der Waals surface area (Å²) >= 11 is 0. The first kappa shape index (κ1) is 17.7. The quantitative estimate of drug-likeness (QED) is 0.686. The molecule has 1 rings (SSSR count). The normalized spacial score (nSPS) is 12.6. The average Bonchev–Trinajstić information content (AvgIpc) is 2.49. The highest BCUT2D eigenvalue weighted by Gasteiger charge is 2.13. The molecule has 0 aliphatic rings. The van der Waals surface area contributed by atoms with Crippen molar-refractivity contribution >= 4 is 5.97 Å². The first-order valence-electron chi connectivity index (χ1n) is 8.14. The summed E-state index contributed by atoms with van der Waals surface area (Å²) in [5, 5.41) is 8.95. The summed E-state index contributed by atoms with van der Waals surface area (Å²) in [5.41, 5.74) is 1.55. The number of benzene rings is 1. The number of hydrogen-bond acceptors (Lipinski definition) is 2. The van der Waals surface area contributed by atoms with E-state index in [2.05, 4.69) is 25.7 Å². The first-order chi connectivity index (χ1) is 10.1. The van der Waals surface area contributed by atoms with Crippen molar-refractivity contribution in [2.45, 2.75) is 65.5 Å². The van der Waals surface area contributed by atoms with Crippen LogP contribution in [0.1, 0.15) is 68.8 Å². The fourth-order valence-electron chi connectivity index (χ4n) is 2.49. The van der Waals surface area contributed by atoms with E-state index >= 15 is 0 Å². The lowest BCUT2D eigenvalue weighted by atomic mass is 10.1. The molecule has 118 valence electrons. The number of hydrogen-bond donors (Lipinski definition) is 1. The van der Waals surface area contributed by atoms with Crippen LogP contribution in [0, 0.1) is 0 Å². The molecule has 0 fully saturated rings. The van der Waals surface area contributed by atoms with Crippen molar-refractivity contribution in [3.63, 3.8) is 0 Å². The van der Waals surface area contributed by atoms with E-state index < -0.39 is 5.97 Å². The van der Waals surface area contributed by atoms with Crippen molar-refractivity contribution in [1.82, 2.24) is 4.90 Å². The van der Waals surface area contributed by atoms with Gasteiger partial charge in [-0.25, -0.2) is 4.79 Å². The van der Waals surface area contributed by atoms with E-state index in [0.29, 0.717) is 11.6 Å². The molecular weight excluding hydrogens is 262 g/mol. The van der Waals surface area contributed by atoms with Gasteiger partial charge in [-0.3, -0.25) is 4.90 Å². The third-order valence-corrected chi connectivity index (χ3v) is 3.98. The van der Waals surface area contributed by atoms with Crippen molar-refractivity contribution in [2.75, 3.05) is 6.54 Å². The van der Waals surface area contributed by atoms with Crippen molar-refractivity contribution in [3.05, 3.63) is 35.4 Å². The topological polar surface area (TPSA) is 40.5 Å². The van der Waals surface area contributed by atoms with Gasteiger partial charge in [-0.05, 0) is 44.0 Å². The highest BCUT2D eigenvalue weighted by Crippen LogP contribution is 2.15. The number of carbonyl (C=O) groups is 1. The minimum atomic E-state index is -0.860. The number of nitrogens with zero attached hydrogens (tertiary/aromatic N) is 1. The van der Waals surface area contributed by atoms with Gasteiger partial charge in [0, 0.05) is 12.6 Å². The van der Waals surface area contributed by atoms with Gasteiger partial charge in [-0.2, -0.15) is 0 Å². The highest BCUT2D eigenvalue weighted by molar-refractivity contribution is 5.87. The van der Waals surface area contributed by atoms with E-state index in [1.54, 1.807) is 12.1 Å². The summed E-state index contributed by atoms with van der Waals surface area (Å²) in [4.78, 5) is 13.4. The van der Waals surface area contributed by atoms with Gasteiger partial charge in [0.25, 0.3) is 0 Å². The second kappa shape index (κ2) is 9.56. The molecule has 1 atom stereocenters. The van der Waals surface area contributed by atoms with Gasteiger partial charge in [0.05, 0.1) is 5.56 Å². The molecule has 1 N–H and O–H groups in total. The van der Waals surface area contributed by atoms with Gasteiger partial charge in [0.1, 0.15) is 0 Å². The highest BCUT2D eigenvalue weighted by atomic mass is 16.4. The summed E-state index contributed by atoms with van der Waals surface area (Å²) in [6.07, 6.45) is 6.15. The smallest absolute Gasteiger partial charge is 0.335 e. The number of aromatic carboxylic acids is 1. The molecule has 3 heteroatoms. The Morgan fingerprint density at radius 1 is 1.14 bits per heavy atom. The molecule has 0 spiro atoms. The van der Waals surface area contributed by atoms with E-state index in [4.69, 9.17) is 5.11 Å². The molecule has 21 heavy (non-hydrogen) atoms. The maximum Gasteiger partial charge on any atom is 0.335 e. The third kappa shape index (κ3) is 6.30. The van der Waals surface area contributed by atoms with E-state index in [1.165, 1.54) is 37.7 Å². The molecule has 0 amide bonds. The molecule has 0 aliphatic carbocycles. The third-order valence-electron chi connectivity index (χ3n) is 3.98. The largest absolute Gasteiger partial charge is 0.478 e. The molecule has 0 saturated carbocycles. The fraction of sp³-hybridized carbons (Fsp3) is 0.611. The summed E-state index contributed by atoms with van der Waals surface area (Å²) in [5.74, 6) is -0.860. The minimum absolute atomic E-state index is 0.359. The van der Waals surface area contributed by atoms with Crippen LogP contribution in [0.25, 0.3) is 0 Å². The van der Waals surface area contributed by atoms with Crippen LogP contribution >= 0.6 is 0 Å². The zero-order chi connectivity index (χ0) is 15.7. The van der Waals surface area contributed by atoms with Gasteiger partial charge in [-0.15, -0.1) is 0 Å². The van der Waals surface area contributed by atoms with Gasteiger partial charge in [0.15, 0.2) is 0 Å². The molecule has 0 bridgehead atoms. The predicted octanol–water partition coefficient (Wildman–Crippen LogP) is 4.57. The van der Waals surface area contributed by atoms with Crippen LogP contribution in [0.15, 0.2) is 24.3 Å². The second-order valence-corrected chi connectivity index (χ2v) is 5.82. The van der Waals surface area contributed by atoms with Crippen LogP contribution in [0.3, 0.4) is 0 Å². The Hall–Kier alpha value is -1.35. The number of unbranched alkanes of at least 4 members (excludes halogenated alkanes) is 2. The lowest BCUT2D eigenvalue weighted by Crippen LogP contribution is -2.33. The molecule has 0 aliphatic heterocycles. The summed E-state index contributed by atoms with van der Waals surface area (Å²) < 4.78 is 0. The first-order valence-corrected chi connectivity index (χ1v) is 8.14. The van der Waals surface area contributed by atoms with Crippen LogP contribution in [-0.2, 0) is 6.54 Å². The minimum Gasteiger partial charge on any atom is -0.478 e. The summed E-state index contributed by atoms with van der Waals surface area (Å²) in [6, 6.07) is 7.86. The Kier molecular flexibility index (Phi) is 8.06. The Morgan fingerprint density at radius 2 is 1.76 bits per heavy atom. The molecule has 3 nitrogen and oxygen atoms in total. The molecule has 1 aromatic carbocycles. The standard InChI is InChI=1S/C18H29NO2/c1-4-6-8-15(3)19(13-7-5-2)14-16-9-11-17(12-10-16)18(20)21/h9-12,15H,4-8,13-14H2,1-3H3,(H,20,21). The van der Waals surface area contributed by atoms with Crippen LogP contribution in [0.2, 0.25) is 0 Å².